The first-order valence-electron chi connectivity index (χ1n) is 22.7. The lowest BCUT2D eigenvalue weighted by atomic mass is 9.84. The van der Waals surface area contributed by atoms with Crippen LogP contribution in [0.15, 0.2) is 41.9 Å². The highest BCUT2D eigenvalue weighted by Crippen LogP contribution is 2.53. The number of likely N-dealkylation sites (N-methyl/N-ethyl adjacent to an activating group) is 2. The van der Waals surface area contributed by atoms with E-state index in [1.807, 2.05) is 49.6 Å². The Hall–Kier alpha value is -3.78. The van der Waals surface area contributed by atoms with Crippen LogP contribution >= 0.6 is 45.7 Å². The quantitative estimate of drug-likeness (QED) is 0.0577. The maximum Gasteiger partial charge on any atom is 0.338 e. The van der Waals surface area contributed by atoms with Gasteiger partial charge in [-0.2, -0.15) is 5.01 Å². The molecule has 4 aromatic rings. The molecule has 4 atom stereocenters. The van der Waals surface area contributed by atoms with Crippen molar-refractivity contribution in [2.45, 2.75) is 107 Å². The number of ether oxygens (including phenoxy) is 2. The van der Waals surface area contributed by atoms with Gasteiger partial charge in [0.1, 0.15) is 12.1 Å². The minimum atomic E-state index is -1.19. The summed E-state index contributed by atoms with van der Waals surface area (Å²) in [5.41, 5.74) is 6.44. The number of aryl methyl sites for hydroxylation is 1. The van der Waals surface area contributed by atoms with Crippen LogP contribution in [0.3, 0.4) is 0 Å². The number of aromatic nitrogens is 3. The Morgan fingerprint density at radius 3 is 2.57 bits per heavy atom. The normalized spacial score (nSPS) is 23.4. The summed E-state index contributed by atoms with van der Waals surface area (Å²) >= 11 is 5.17. The van der Waals surface area contributed by atoms with Gasteiger partial charge in [0.15, 0.2) is 8.48 Å². The number of benzene rings is 1. The summed E-state index contributed by atoms with van der Waals surface area (Å²) in [5.74, 6) is -1.43. The molecule has 350 valence electrons. The number of pyridine rings is 1. The van der Waals surface area contributed by atoms with Crippen LogP contribution in [0.5, 0.6) is 0 Å². The Bertz CT molecular complexity index is 2490. The van der Waals surface area contributed by atoms with Crippen LogP contribution in [0.4, 0.5) is 4.79 Å². The lowest BCUT2D eigenvalue weighted by Crippen LogP contribution is -2.66. The number of esters is 1. The van der Waals surface area contributed by atoms with Crippen molar-refractivity contribution in [2.75, 3.05) is 53.7 Å². The number of fused-ring (bicyclic) bond motifs is 6. The van der Waals surface area contributed by atoms with Gasteiger partial charge in [0.2, 0.25) is 5.91 Å². The Labute approximate surface area is 404 Å². The fourth-order valence-corrected chi connectivity index (χ4v) is 12.2. The second-order valence-corrected chi connectivity index (χ2v) is 23.6. The van der Waals surface area contributed by atoms with E-state index in [0.717, 1.165) is 57.5 Å². The number of hydrogen-bond donors (Lipinski definition) is 1. The largest absolute Gasteiger partial charge is 0.463 e. The van der Waals surface area contributed by atoms with Crippen LogP contribution in [-0.2, 0) is 48.2 Å². The van der Waals surface area contributed by atoms with Crippen molar-refractivity contribution in [1.29, 1.82) is 0 Å². The third-order valence-electron chi connectivity index (χ3n) is 14.1. The summed E-state index contributed by atoms with van der Waals surface area (Å²) in [4.78, 5) is 70.3. The van der Waals surface area contributed by atoms with Gasteiger partial charge >= 0.3 is 12.0 Å². The molecular weight excluding hydrogens is 976 g/mol. The average Bonchev–Trinajstić information content (AvgIpc) is 3.86. The van der Waals surface area contributed by atoms with E-state index in [9.17, 15) is 19.2 Å². The minimum Gasteiger partial charge on any atom is -0.463 e. The third-order valence-corrected chi connectivity index (χ3v) is 17.8. The number of hydrazine groups is 1. The molecule has 2 saturated heterocycles. The number of carbonyl (C=O) groups excluding carboxylic acids is 4. The van der Waals surface area contributed by atoms with Crippen LogP contribution in [0.25, 0.3) is 33.4 Å². The summed E-state index contributed by atoms with van der Waals surface area (Å²) < 4.78 is 13.6. The van der Waals surface area contributed by atoms with Crippen LogP contribution in [0, 0.1) is 16.7 Å². The summed E-state index contributed by atoms with van der Waals surface area (Å²) in [6, 6.07) is 8.49. The van der Waals surface area contributed by atoms with E-state index in [-0.39, 0.29) is 36.3 Å². The molecule has 1 N–H and O–H groups in total. The van der Waals surface area contributed by atoms with Crippen molar-refractivity contribution in [3.63, 3.8) is 0 Å². The molecule has 1 aromatic carbocycles. The van der Waals surface area contributed by atoms with Crippen molar-refractivity contribution >= 4 is 80.4 Å². The number of methoxy groups -OCH3 is 1. The van der Waals surface area contributed by atoms with E-state index in [2.05, 4.69) is 77.5 Å². The maximum absolute atomic E-state index is 14.9. The first kappa shape index (κ1) is 47.7. The van der Waals surface area contributed by atoms with Crippen molar-refractivity contribution in [2.24, 2.45) is 16.7 Å². The number of nitrogens with zero attached hydrogens (tertiary/aromatic N) is 7. The second kappa shape index (κ2) is 18.0. The SMILES string of the molecule is CCn1c(-c2cccnc2[C@](C)(OC)SC)c2c3cc(ccc31)-c1csc(n1)C[C@H](NC(=O)[C@H](C(C)C)N(C)C(=O)N1CC3(CC3)C1)C(=O)N1CCCC(I)(C(=O)OCC(C)(C)C2)N1C. The third kappa shape index (κ3) is 8.81. The lowest BCUT2D eigenvalue weighted by molar-refractivity contribution is -0.176. The van der Waals surface area contributed by atoms with Crippen molar-refractivity contribution in [3.8, 4) is 22.5 Å². The van der Waals surface area contributed by atoms with Crippen molar-refractivity contribution < 1.29 is 28.7 Å². The molecular formula is C48H63IN8O6S2. The average molecular weight is 1040 g/mol. The molecule has 6 heterocycles. The molecule has 3 aliphatic heterocycles. The Morgan fingerprint density at radius 2 is 1.91 bits per heavy atom. The zero-order valence-electron chi connectivity index (χ0n) is 39.3. The topological polar surface area (TPSA) is 142 Å². The molecule has 0 radical (unpaired) electrons. The van der Waals surface area contributed by atoms with Gasteiger partial charge in [0.05, 0.1) is 28.7 Å². The Kier molecular flexibility index (Phi) is 13.2. The monoisotopic (exact) mass is 1040 g/mol. The van der Waals surface area contributed by atoms with E-state index < -0.39 is 37.9 Å². The van der Waals surface area contributed by atoms with Gasteiger partial charge in [0, 0.05) is 98.2 Å². The molecule has 65 heavy (non-hydrogen) atoms. The number of halogens is 1. The summed E-state index contributed by atoms with van der Waals surface area (Å²) in [6.45, 7) is 14.9. The number of hydrogen-bond acceptors (Lipinski definition) is 11. The highest BCUT2D eigenvalue weighted by atomic mass is 127. The summed E-state index contributed by atoms with van der Waals surface area (Å²) in [7, 11) is 5.13. The molecule has 1 spiro atoms. The number of alkyl halides is 1. The highest BCUT2D eigenvalue weighted by molar-refractivity contribution is 14.1. The standard InChI is InChI=1S/C48H63IN8O6S2/c1-11-56-36-16-15-30-22-32(36)33(39(56)31-14-12-20-50-40(31)46(6,62-9)64-10)24-45(4,5)28-63-43(60)48(49)17-13-21-57(54(48)8)42(59)34(23-37-51-35(30)25-65-37)52-41(58)38(29(2)3)53(7)44(61)55-26-47(27-55)18-19-47/h12,14-16,20,22,25,29,34,38H,11,13,17-19,21,23-24,26-28H2,1-10H3,(H,52,58)/t34-,38-,46+,48?/m0/s1. The molecule has 4 amide bonds. The summed E-state index contributed by atoms with van der Waals surface area (Å²) in [5, 5.41) is 10.1. The number of thioether (sulfide) groups is 1. The number of thiazole rings is 1. The zero-order chi connectivity index (χ0) is 46.8. The zero-order valence-corrected chi connectivity index (χ0v) is 43.1. The predicted molar refractivity (Wildman–Crippen MR) is 264 cm³/mol. The molecule has 1 aliphatic carbocycles. The van der Waals surface area contributed by atoms with Gasteiger partial charge < -0.3 is 29.2 Å². The maximum atomic E-state index is 14.9. The lowest BCUT2D eigenvalue weighted by Gasteiger charge is -2.47. The number of carbonyl (C=O) groups is 4. The van der Waals surface area contributed by atoms with Crippen LogP contribution in [0.2, 0.25) is 0 Å². The molecule has 14 nitrogen and oxygen atoms in total. The number of rotatable bonds is 9. The van der Waals surface area contributed by atoms with Gasteiger partial charge in [-0.25, -0.2) is 14.6 Å². The second-order valence-electron chi connectivity index (χ2n) is 19.7. The van der Waals surface area contributed by atoms with Crippen molar-refractivity contribution in [1.82, 2.24) is 39.7 Å². The number of nitrogens with one attached hydrogen (secondary N) is 1. The van der Waals surface area contributed by atoms with E-state index in [1.54, 1.807) is 43.0 Å². The van der Waals surface area contributed by atoms with Crippen LogP contribution < -0.4 is 5.32 Å². The Morgan fingerprint density at radius 1 is 1.17 bits per heavy atom. The molecule has 8 rings (SSSR count). The first-order valence-corrected chi connectivity index (χ1v) is 25.9. The first-order chi connectivity index (χ1) is 30.8. The fourth-order valence-electron chi connectivity index (χ4n) is 10.0. The smallest absolute Gasteiger partial charge is 0.338 e. The van der Waals surface area contributed by atoms with E-state index in [1.165, 1.54) is 16.2 Å². The highest BCUT2D eigenvalue weighted by Gasteiger charge is 2.55. The van der Waals surface area contributed by atoms with Crippen LogP contribution in [0.1, 0.15) is 83.5 Å². The molecule has 3 aromatic heterocycles. The van der Waals surface area contributed by atoms with Gasteiger partial charge in [-0.05, 0) is 111 Å². The van der Waals surface area contributed by atoms with Gasteiger partial charge in [-0.1, -0.05) is 33.8 Å². The fraction of sp³-hybridized carbons (Fsp3) is 0.583. The number of likely N-dealkylation sites (tertiary alicyclic amines) is 1. The summed E-state index contributed by atoms with van der Waals surface area (Å²) in [6.07, 6.45) is 7.83. The molecule has 6 bridgehead atoms. The number of cyclic esters (lactones) is 1. The van der Waals surface area contributed by atoms with Crippen LogP contribution in [-0.4, -0.2) is 127 Å². The minimum absolute atomic E-state index is 0.116. The predicted octanol–water partition coefficient (Wildman–Crippen LogP) is 7.95. The number of amides is 4. The molecule has 1 saturated carbocycles. The van der Waals surface area contributed by atoms with Gasteiger partial charge in [0.25, 0.3) is 5.91 Å². The van der Waals surface area contributed by atoms with Gasteiger partial charge in [-0.3, -0.25) is 19.6 Å². The van der Waals surface area contributed by atoms with E-state index >= 15 is 0 Å². The molecule has 4 aliphatic rings. The molecule has 17 heteroatoms. The van der Waals surface area contributed by atoms with Crippen molar-refractivity contribution in [3.05, 3.63) is 58.2 Å². The Balaban J connectivity index is 1.22. The van der Waals surface area contributed by atoms with E-state index in [4.69, 9.17) is 19.4 Å². The molecule has 3 fully saturated rings. The van der Waals surface area contributed by atoms with E-state index in [0.29, 0.717) is 50.4 Å². The van der Waals surface area contributed by atoms with Gasteiger partial charge in [-0.15, -0.1) is 23.1 Å². The number of urea groups is 1. The molecule has 1 unspecified atom stereocenters.